The van der Waals surface area contributed by atoms with Crippen LogP contribution >= 0.6 is 11.8 Å². The molecule has 0 aromatic heterocycles. The van der Waals surface area contributed by atoms with Gasteiger partial charge in [-0.05, 0) is 50.3 Å². The molecule has 0 aliphatic heterocycles. The molecule has 114 valence electrons. The minimum Gasteiger partial charge on any atom is -0.329 e. The van der Waals surface area contributed by atoms with Gasteiger partial charge in [-0.2, -0.15) is 11.8 Å². The van der Waals surface area contributed by atoms with E-state index in [9.17, 15) is 0 Å². The van der Waals surface area contributed by atoms with E-state index in [-0.39, 0.29) is 5.54 Å². The lowest BCUT2D eigenvalue weighted by Crippen LogP contribution is -2.55. The summed E-state index contributed by atoms with van der Waals surface area (Å²) in [6.07, 6.45) is 8.73. The molecule has 0 aromatic carbocycles. The molecular weight excluding hydrogens is 252 g/mol. The molecule has 2 N–H and O–H groups in total. The highest BCUT2D eigenvalue weighted by atomic mass is 32.2. The Labute approximate surface area is 124 Å². The van der Waals surface area contributed by atoms with Crippen LogP contribution in [0.2, 0.25) is 0 Å². The molecule has 3 heteroatoms. The Morgan fingerprint density at radius 3 is 2.32 bits per heavy atom. The first-order valence-corrected chi connectivity index (χ1v) is 9.21. The highest BCUT2D eigenvalue weighted by Crippen LogP contribution is 2.44. The molecular formula is C16H34N2S. The molecule has 0 atom stereocenters. The maximum atomic E-state index is 6.15. The predicted octanol–water partition coefficient (Wildman–Crippen LogP) is 3.61. The minimum absolute atomic E-state index is 0.274. The molecule has 0 amide bonds. The van der Waals surface area contributed by atoms with E-state index < -0.39 is 0 Å². The first-order valence-electron chi connectivity index (χ1n) is 7.82. The van der Waals surface area contributed by atoms with Crippen molar-refractivity contribution in [3.8, 4) is 0 Å². The lowest BCUT2D eigenvalue weighted by molar-refractivity contribution is 0.0359. The van der Waals surface area contributed by atoms with Gasteiger partial charge in [-0.15, -0.1) is 0 Å². The number of hydrogen-bond acceptors (Lipinski definition) is 3. The molecule has 1 fully saturated rings. The second-order valence-electron chi connectivity index (χ2n) is 6.96. The second-order valence-corrected chi connectivity index (χ2v) is 7.94. The first-order chi connectivity index (χ1) is 8.91. The zero-order chi connectivity index (χ0) is 14.5. The standard InChI is InChI=1S/C16H34N2S/c1-6-15(2,3)14-7-9-16(13-17,10-8-14)18(4)11-12-19-5/h14H,6-13,17H2,1-5H3. The van der Waals surface area contributed by atoms with Crippen molar-refractivity contribution < 1.29 is 0 Å². The number of nitrogens with zero attached hydrogens (tertiary/aromatic N) is 1. The Balaban J connectivity index is 2.61. The van der Waals surface area contributed by atoms with E-state index in [1.54, 1.807) is 0 Å². The van der Waals surface area contributed by atoms with E-state index in [0.29, 0.717) is 5.41 Å². The summed E-state index contributed by atoms with van der Waals surface area (Å²) in [6, 6.07) is 0. The van der Waals surface area contributed by atoms with Crippen LogP contribution in [0.25, 0.3) is 0 Å². The predicted molar refractivity (Wildman–Crippen MR) is 88.8 cm³/mol. The van der Waals surface area contributed by atoms with Crippen LogP contribution in [0.1, 0.15) is 52.9 Å². The summed E-state index contributed by atoms with van der Waals surface area (Å²) in [5, 5.41) is 0. The summed E-state index contributed by atoms with van der Waals surface area (Å²) in [7, 11) is 2.27. The summed E-state index contributed by atoms with van der Waals surface area (Å²) >= 11 is 1.93. The Bertz CT molecular complexity index is 257. The highest BCUT2D eigenvalue weighted by Gasteiger charge is 2.40. The van der Waals surface area contributed by atoms with Crippen LogP contribution in [0, 0.1) is 11.3 Å². The minimum atomic E-state index is 0.274. The van der Waals surface area contributed by atoms with Crippen LogP contribution < -0.4 is 5.73 Å². The van der Waals surface area contributed by atoms with E-state index in [1.807, 2.05) is 11.8 Å². The van der Waals surface area contributed by atoms with Gasteiger partial charge in [0.25, 0.3) is 0 Å². The van der Waals surface area contributed by atoms with Gasteiger partial charge in [0.05, 0.1) is 0 Å². The van der Waals surface area contributed by atoms with Gasteiger partial charge in [0.15, 0.2) is 0 Å². The van der Waals surface area contributed by atoms with Crippen molar-refractivity contribution in [3.05, 3.63) is 0 Å². The monoisotopic (exact) mass is 286 g/mol. The zero-order valence-corrected chi connectivity index (χ0v) is 14.5. The van der Waals surface area contributed by atoms with E-state index in [1.165, 1.54) is 44.4 Å². The second kappa shape index (κ2) is 7.33. The van der Waals surface area contributed by atoms with Gasteiger partial charge in [0.1, 0.15) is 0 Å². The first kappa shape index (κ1) is 17.3. The fraction of sp³-hybridized carbons (Fsp3) is 1.00. The van der Waals surface area contributed by atoms with Crippen molar-refractivity contribution >= 4 is 11.8 Å². The quantitative estimate of drug-likeness (QED) is 0.775. The Hall–Kier alpha value is 0.270. The van der Waals surface area contributed by atoms with Crippen molar-refractivity contribution in [2.75, 3.05) is 32.1 Å². The molecule has 2 nitrogen and oxygen atoms in total. The molecule has 19 heavy (non-hydrogen) atoms. The molecule has 1 rings (SSSR count). The summed E-state index contributed by atoms with van der Waals surface area (Å²) in [5.74, 6) is 2.09. The van der Waals surface area contributed by atoms with Gasteiger partial charge in [0, 0.05) is 24.4 Å². The third kappa shape index (κ3) is 4.12. The maximum Gasteiger partial charge on any atom is 0.0329 e. The summed E-state index contributed by atoms with van der Waals surface area (Å²) in [5.41, 5.74) is 6.92. The number of hydrogen-bond donors (Lipinski definition) is 1. The molecule has 0 saturated heterocycles. The SMILES string of the molecule is CCC(C)(C)C1CCC(CN)(N(C)CCSC)CC1. The number of nitrogens with two attached hydrogens (primary N) is 1. The Kier molecular flexibility index (Phi) is 6.68. The molecule has 1 saturated carbocycles. The van der Waals surface area contributed by atoms with Crippen LogP contribution in [0.3, 0.4) is 0 Å². The molecule has 0 bridgehead atoms. The topological polar surface area (TPSA) is 29.3 Å². The van der Waals surface area contributed by atoms with Crippen LogP contribution in [0.15, 0.2) is 0 Å². The van der Waals surface area contributed by atoms with Gasteiger partial charge in [-0.3, -0.25) is 4.90 Å². The Morgan fingerprint density at radius 2 is 1.89 bits per heavy atom. The third-order valence-electron chi connectivity index (χ3n) is 5.75. The van der Waals surface area contributed by atoms with Gasteiger partial charge >= 0.3 is 0 Å². The summed E-state index contributed by atoms with van der Waals surface area (Å²) < 4.78 is 0. The smallest absolute Gasteiger partial charge is 0.0329 e. The number of thioether (sulfide) groups is 1. The highest BCUT2D eigenvalue weighted by molar-refractivity contribution is 7.98. The molecule has 0 radical (unpaired) electrons. The maximum absolute atomic E-state index is 6.15. The molecule has 1 aliphatic carbocycles. The fourth-order valence-electron chi connectivity index (χ4n) is 3.43. The van der Waals surface area contributed by atoms with Crippen molar-refractivity contribution in [1.82, 2.24) is 4.90 Å². The molecule has 1 aliphatic rings. The molecule has 0 aromatic rings. The summed E-state index contributed by atoms with van der Waals surface area (Å²) in [6.45, 7) is 9.18. The average Bonchev–Trinajstić information content (AvgIpc) is 2.44. The van der Waals surface area contributed by atoms with Crippen LogP contribution in [0.5, 0.6) is 0 Å². The normalized spacial score (nSPS) is 28.9. The summed E-state index contributed by atoms with van der Waals surface area (Å²) in [4.78, 5) is 2.54. The van der Waals surface area contributed by atoms with Gasteiger partial charge in [0.2, 0.25) is 0 Å². The van der Waals surface area contributed by atoms with E-state index in [2.05, 4.69) is 39.0 Å². The molecule has 0 spiro atoms. The van der Waals surface area contributed by atoms with Gasteiger partial charge in [-0.1, -0.05) is 27.2 Å². The van der Waals surface area contributed by atoms with Crippen molar-refractivity contribution in [3.63, 3.8) is 0 Å². The molecule has 0 heterocycles. The van der Waals surface area contributed by atoms with Crippen LogP contribution in [0.4, 0.5) is 0 Å². The number of likely N-dealkylation sites (N-methyl/N-ethyl adjacent to an activating group) is 1. The Morgan fingerprint density at radius 1 is 1.32 bits per heavy atom. The average molecular weight is 287 g/mol. The van der Waals surface area contributed by atoms with Crippen molar-refractivity contribution in [1.29, 1.82) is 0 Å². The van der Waals surface area contributed by atoms with Gasteiger partial charge in [-0.25, -0.2) is 0 Å². The van der Waals surface area contributed by atoms with E-state index >= 15 is 0 Å². The largest absolute Gasteiger partial charge is 0.329 e. The number of rotatable bonds is 7. The lowest BCUT2D eigenvalue weighted by Gasteiger charge is -2.49. The van der Waals surface area contributed by atoms with Crippen LogP contribution in [-0.4, -0.2) is 42.6 Å². The zero-order valence-electron chi connectivity index (χ0n) is 13.7. The molecule has 0 unspecified atom stereocenters. The third-order valence-corrected chi connectivity index (χ3v) is 6.34. The van der Waals surface area contributed by atoms with E-state index in [0.717, 1.165) is 12.5 Å². The van der Waals surface area contributed by atoms with Gasteiger partial charge < -0.3 is 5.73 Å². The van der Waals surface area contributed by atoms with Crippen LogP contribution in [-0.2, 0) is 0 Å². The van der Waals surface area contributed by atoms with Crippen molar-refractivity contribution in [2.24, 2.45) is 17.1 Å². The van der Waals surface area contributed by atoms with E-state index in [4.69, 9.17) is 5.73 Å². The van der Waals surface area contributed by atoms with Crippen molar-refractivity contribution in [2.45, 2.75) is 58.4 Å². The fourth-order valence-corrected chi connectivity index (χ4v) is 3.89. The lowest BCUT2D eigenvalue weighted by atomic mass is 9.65.